The van der Waals surface area contributed by atoms with Gasteiger partial charge in [-0.2, -0.15) is 0 Å². The minimum atomic E-state index is 0.717. The molecule has 66 valence electrons. The fourth-order valence-corrected chi connectivity index (χ4v) is 3.26. The van der Waals surface area contributed by atoms with Gasteiger partial charge in [0.15, 0.2) is 0 Å². The lowest BCUT2D eigenvalue weighted by Gasteiger charge is -2.17. The maximum absolute atomic E-state index is 3.33. The summed E-state index contributed by atoms with van der Waals surface area (Å²) < 4.78 is 0. The lowest BCUT2D eigenvalue weighted by Crippen LogP contribution is -2.05. The molecular weight excluding hydrogens is 178 g/mol. The standard InChI is InChI=1S/C11H11NS/c1-7-5-8-6-12-9-3-2-4-10(13-7)11(8)9/h2-4,6-7,12H,5H2,1H3. The highest BCUT2D eigenvalue weighted by Gasteiger charge is 2.18. The summed E-state index contributed by atoms with van der Waals surface area (Å²) in [5.41, 5.74) is 2.77. The van der Waals surface area contributed by atoms with E-state index in [-0.39, 0.29) is 0 Å². The van der Waals surface area contributed by atoms with Gasteiger partial charge in [-0.15, -0.1) is 11.8 Å². The first kappa shape index (κ1) is 7.51. The summed E-state index contributed by atoms with van der Waals surface area (Å²) in [5, 5.41) is 2.17. The van der Waals surface area contributed by atoms with Crippen molar-refractivity contribution in [3.05, 3.63) is 30.0 Å². The van der Waals surface area contributed by atoms with Crippen LogP contribution in [0.4, 0.5) is 0 Å². The van der Waals surface area contributed by atoms with E-state index in [1.807, 2.05) is 11.8 Å². The minimum Gasteiger partial charge on any atom is -0.361 e. The van der Waals surface area contributed by atoms with Crippen LogP contribution in [0, 0.1) is 0 Å². The van der Waals surface area contributed by atoms with Crippen molar-refractivity contribution >= 4 is 22.7 Å². The van der Waals surface area contributed by atoms with Crippen LogP contribution in [-0.2, 0) is 6.42 Å². The maximum atomic E-state index is 3.33. The van der Waals surface area contributed by atoms with E-state index in [0.29, 0.717) is 5.25 Å². The Bertz CT molecular complexity index is 458. The SMILES string of the molecule is CC1Cc2c[nH]c3cccc(c23)S1. The zero-order chi connectivity index (χ0) is 8.84. The zero-order valence-electron chi connectivity index (χ0n) is 7.50. The summed E-state index contributed by atoms with van der Waals surface area (Å²) in [7, 11) is 0. The summed E-state index contributed by atoms with van der Waals surface area (Å²) in [6, 6.07) is 6.50. The number of thioether (sulfide) groups is 1. The van der Waals surface area contributed by atoms with Gasteiger partial charge < -0.3 is 4.98 Å². The van der Waals surface area contributed by atoms with Gasteiger partial charge in [0.25, 0.3) is 0 Å². The summed E-state index contributed by atoms with van der Waals surface area (Å²) >= 11 is 1.99. The van der Waals surface area contributed by atoms with Gasteiger partial charge in [0, 0.05) is 27.2 Å². The molecule has 1 aromatic heterocycles. The van der Waals surface area contributed by atoms with Crippen LogP contribution >= 0.6 is 11.8 Å². The second kappa shape index (κ2) is 2.55. The first-order chi connectivity index (χ1) is 6.34. The summed E-state index contributed by atoms with van der Waals surface area (Å²) in [6.45, 7) is 2.29. The molecule has 0 saturated heterocycles. The van der Waals surface area contributed by atoms with Crippen molar-refractivity contribution in [2.24, 2.45) is 0 Å². The molecule has 0 spiro atoms. The normalized spacial score (nSPS) is 20.8. The number of aromatic nitrogens is 1. The summed E-state index contributed by atoms with van der Waals surface area (Å²) in [5.74, 6) is 0. The van der Waals surface area contributed by atoms with Gasteiger partial charge in [0.1, 0.15) is 0 Å². The van der Waals surface area contributed by atoms with Gasteiger partial charge in [-0.25, -0.2) is 0 Å². The molecular formula is C11H11NS. The van der Waals surface area contributed by atoms with Gasteiger partial charge >= 0.3 is 0 Å². The third kappa shape index (κ3) is 1.02. The molecule has 0 bridgehead atoms. The van der Waals surface area contributed by atoms with Gasteiger partial charge in [-0.05, 0) is 24.1 Å². The van der Waals surface area contributed by atoms with Crippen molar-refractivity contribution in [1.29, 1.82) is 0 Å². The Balaban J connectivity index is 2.38. The molecule has 0 aliphatic carbocycles. The topological polar surface area (TPSA) is 15.8 Å². The lowest BCUT2D eigenvalue weighted by molar-refractivity contribution is 0.939. The Morgan fingerprint density at radius 1 is 1.46 bits per heavy atom. The number of H-pyrrole nitrogens is 1. The Labute approximate surface area is 81.5 Å². The molecule has 2 heterocycles. The van der Waals surface area contributed by atoms with Crippen LogP contribution in [0.15, 0.2) is 29.3 Å². The number of nitrogens with one attached hydrogen (secondary N) is 1. The van der Waals surface area contributed by atoms with Crippen LogP contribution < -0.4 is 0 Å². The molecule has 1 aromatic carbocycles. The first-order valence-corrected chi connectivity index (χ1v) is 5.48. The lowest BCUT2D eigenvalue weighted by atomic mass is 10.1. The smallest absolute Gasteiger partial charge is 0.0468 e. The Hall–Kier alpha value is -0.890. The van der Waals surface area contributed by atoms with Gasteiger partial charge in [0.05, 0.1) is 0 Å². The molecule has 1 atom stereocenters. The molecule has 0 radical (unpaired) electrons. The second-order valence-electron chi connectivity index (χ2n) is 3.63. The third-order valence-electron chi connectivity index (χ3n) is 2.58. The van der Waals surface area contributed by atoms with Gasteiger partial charge in [-0.3, -0.25) is 0 Å². The van der Waals surface area contributed by atoms with E-state index in [1.165, 1.54) is 27.8 Å². The number of aromatic amines is 1. The van der Waals surface area contributed by atoms with Crippen LogP contribution in [-0.4, -0.2) is 10.2 Å². The van der Waals surface area contributed by atoms with E-state index >= 15 is 0 Å². The van der Waals surface area contributed by atoms with Crippen molar-refractivity contribution in [2.45, 2.75) is 23.5 Å². The quantitative estimate of drug-likeness (QED) is 0.673. The van der Waals surface area contributed by atoms with Crippen molar-refractivity contribution in [3.8, 4) is 0 Å². The highest BCUT2D eigenvalue weighted by atomic mass is 32.2. The number of rotatable bonds is 0. The average Bonchev–Trinajstić information content (AvgIpc) is 2.50. The van der Waals surface area contributed by atoms with Crippen LogP contribution in [0.5, 0.6) is 0 Å². The third-order valence-corrected chi connectivity index (χ3v) is 3.75. The average molecular weight is 189 g/mol. The van der Waals surface area contributed by atoms with Crippen LogP contribution in [0.2, 0.25) is 0 Å². The van der Waals surface area contributed by atoms with E-state index in [1.54, 1.807) is 0 Å². The molecule has 1 N–H and O–H groups in total. The fraction of sp³-hybridized carbons (Fsp3) is 0.273. The van der Waals surface area contributed by atoms with Crippen LogP contribution in [0.25, 0.3) is 10.9 Å². The van der Waals surface area contributed by atoms with E-state index < -0.39 is 0 Å². The second-order valence-corrected chi connectivity index (χ2v) is 5.11. The van der Waals surface area contributed by atoms with Gasteiger partial charge in [-0.1, -0.05) is 13.0 Å². The molecule has 1 aliphatic heterocycles. The molecule has 2 heteroatoms. The molecule has 0 fully saturated rings. The Kier molecular flexibility index (Phi) is 1.47. The van der Waals surface area contributed by atoms with E-state index in [9.17, 15) is 0 Å². The molecule has 0 saturated carbocycles. The number of hydrogen-bond acceptors (Lipinski definition) is 1. The van der Waals surface area contributed by atoms with E-state index in [0.717, 1.165) is 0 Å². The largest absolute Gasteiger partial charge is 0.361 e. The van der Waals surface area contributed by atoms with Gasteiger partial charge in [0.2, 0.25) is 0 Å². The monoisotopic (exact) mass is 189 g/mol. The van der Waals surface area contributed by atoms with E-state index in [4.69, 9.17) is 0 Å². The highest BCUT2D eigenvalue weighted by molar-refractivity contribution is 8.00. The Morgan fingerprint density at radius 3 is 3.31 bits per heavy atom. The summed E-state index contributed by atoms with van der Waals surface area (Å²) in [4.78, 5) is 4.76. The molecule has 2 aromatic rings. The van der Waals surface area contributed by atoms with Crippen molar-refractivity contribution in [2.75, 3.05) is 0 Å². The van der Waals surface area contributed by atoms with E-state index in [2.05, 4.69) is 36.3 Å². The van der Waals surface area contributed by atoms with Crippen molar-refractivity contribution in [1.82, 2.24) is 4.98 Å². The predicted octanol–water partition coefficient (Wildman–Crippen LogP) is 3.20. The molecule has 1 unspecified atom stereocenters. The summed E-state index contributed by atoms with van der Waals surface area (Å²) in [6.07, 6.45) is 3.35. The molecule has 1 nitrogen and oxygen atoms in total. The Morgan fingerprint density at radius 2 is 2.38 bits per heavy atom. The maximum Gasteiger partial charge on any atom is 0.0468 e. The first-order valence-electron chi connectivity index (χ1n) is 4.60. The minimum absolute atomic E-state index is 0.717. The molecule has 3 rings (SSSR count). The molecule has 0 amide bonds. The van der Waals surface area contributed by atoms with Crippen LogP contribution in [0.1, 0.15) is 12.5 Å². The fourth-order valence-electron chi connectivity index (χ4n) is 2.05. The highest BCUT2D eigenvalue weighted by Crippen LogP contribution is 2.39. The zero-order valence-corrected chi connectivity index (χ0v) is 8.32. The number of hydrogen-bond donors (Lipinski definition) is 1. The van der Waals surface area contributed by atoms with Crippen molar-refractivity contribution in [3.63, 3.8) is 0 Å². The van der Waals surface area contributed by atoms with Crippen molar-refractivity contribution < 1.29 is 0 Å². The predicted molar refractivity (Wildman–Crippen MR) is 57.3 cm³/mol. The molecule has 1 aliphatic rings. The molecule has 13 heavy (non-hydrogen) atoms. The number of benzene rings is 1. The van der Waals surface area contributed by atoms with Crippen LogP contribution in [0.3, 0.4) is 0 Å².